The van der Waals surface area contributed by atoms with E-state index < -0.39 is 23.7 Å². The van der Waals surface area contributed by atoms with E-state index in [1.165, 1.54) is 33.5 Å². The number of methoxy groups -OCH3 is 3. The molecule has 0 aliphatic rings. The molecule has 38 heavy (non-hydrogen) atoms. The van der Waals surface area contributed by atoms with Gasteiger partial charge in [0.15, 0.2) is 17.5 Å². The molecule has 9 nitrogen and oxygen atoms in total. The SMILES string of the molecule is COc1ccc(CC(=O)NC(N)=NC(Cc2ccccc2)C(=O)NCc2ccc(F)c(OC)c2)c(OC)c1. The number of halogens is 1. The van der Waals surface area contributed by atoms with Crippen molar-refractivity contribution < 1.29 is 28.2 Å². The van der Waals surface area contributed by atoms with E-state index in [1.54, 1.807) is 24.3 Å². The van der Waals surface area contributed by atoms with Crippen LogP contribution < -0.4 is 30.6 Å². The maximum absolute atomic E-state index is 13.7. The van der Waals surface area contributed by atoms with Crippen LogP contribution in [0.25, 0.3) is 0 Å². The van der Waals surface area contributed by atoms with Gasteiger partial charge in [0.1, 0.15) is 17.5 Å². The van der Waals surface area contributed by atoms with Gasteiger partial charge in [0, 0.05) is 24.6 Å². The molecule has 0 fully saturated rings. The lowest BCUT2D eigenvalue weighted by Crippen LogP contribution is -2.42. The number of nitrogens with zero attached hydrogens (tertiary/aromatic N) is 1. The fourth-order valence-electron chi connectivity index (χ4n) is 3.71. The summed E-state index contributed by atoms with van der Waals surface area (Å²) in [5.41, 5.74) is 8.17. The van der Waals surface area contributed by atoms with Gasteiger partial charge in [-0.05, 0) is 29.3 Å². The minimum atomic E-state index is -0.921. The largest absolute Gasteiger partial charge is 0.497 e. The van der Waals surface area contributed by atoms with Crippen molar-refractivity contribution in [2.75, 3.05) is 21.3 Å². The number of aliphatic imine (C=N–C) groups is 1. The summed E-state index contributed by atoms with van der Waals surface area (Å²) >= 11 is 0. The first-order valence-electron chi connectivity index (χ1n) is 11.8. The molecule has 3 aromatic rings. The first-order valence-corrected chi connectivity index (χ1v) is 11.8. The third-order valence-corrected chi connectivity index (χ3v) is 5.66. The van der Waals surface area contributed by atoms with Gasteiger partial charge in [-0.3, -0.25) is 14.9 Å². The Bertz CT molecular complexity index is 1280. The quantitative estimate of drug-likeness (QED) is 0.263. The molecular formula is C28H31FN4O5. The Hall–Kier alpha value is -4.60. The second-order valence-electron chi connectivity index (χ2n) is 8.31. The van der Waals surface area contributed by atoms with Crippen molar-refractivity contribution in [1.82, 2.24) is 10.6 Å². The first kappa shape index (κ1) is 28.0. The molecule has 1 atom stereocenters. The topological polar surface area (TPSA) is 124 Å². The molecular weight excluding hydrogens is 491 g/mol. The van der Waals surface area contributed by atoms with Crippen LogP contribution in [0.3, 0.4) is 0 Å². The van der Waals surface area contributed by atoms with Gasteiger partial charge in [-0.15, -0.1) is 0 Å². The van der Waals surface area contributed by atoms with Crippen LogP contribution in [0.1, 0.15) is 16.7 Å². The Morgan fingerprint density at radius 2 is 1.66 bits per heavy atom. The molecule has 0 aliphatic heterocycles. The lowest BCUT2D eigenvalue weighted by Gasteiger charge is -2.15. The molecule has 0 aliphatic carbocycles. The molecule has 10 heteroatoms. The Morgan fingerprint density at radius 1 is 0.921 bits per heavy atom. The van der Waals surface area contributed by atoms with Gasteiger partial charge in [-0.1, -0.05) is 42.5 Å². The van der Waals surface area contributed by atoms with E-state index in [0.717, 1.165) is 5.56 Å². The molecule has 0 heterocycles. The number of carbonyl (C=O) groups is 2. The van der Waals surface area contributed by atoms with Crippen LogP contribution in [0.15, 0.2) is 71.7 Å². The lowest BCUT2D eigenvalue weighted by molar-refractivity contribution is -0.122. The predicted octanol–water partition coefficient (Wildman–Crippen LogP) is 2.75. The zero-order chi connectivity index (χ0) is 27.5. The average molecular weight is 523 g/mol. The lowest BCUT2D eigenvalue weighted by atomic mass is 10.1. The molecule has 3 aromatic carbocycles. The van der Waals surface area contributed by atoms with E-state index >= 15 is 0 Å². The number of ether oxygens (including phenoxy) is 3. The molecule has 4 N–H and O–H groups in total. The summed E-state index contributed by atoms with van der Waals surface area (Å²) in [6.45, 7) is 0.125. The Kier molecular flexibility index (Phi) is 10.0. The van der Waals surface area contributed by atoms with E-state index in [9.17, 15) is 14.0 Å². The average Bonchev–Trinajstić information content (AvgIpc) is 2.92. The number of guanidine groups is 1. The van der Waals surface area contributed by atoms with Crippen molar-refractivity contribution in [3.05, 3.63) is 89.2 Å². The summed E-state index contributed by atoms with van der Waals surface area (Å²) in [7, 11) is 4.41. The number of hydrogen-bond donors (Lipinski definition) is 3. The zero-order valence-corrected chi connectivity index (χ0v) is 21.5. The van der Waals surface area contributed by atoms with Gasteiger partial charge in [0.05, 0.1) is 27.8 Å². The summed E-state index contributed by atoms with van der Waals surface area (Å²) < 4.78 is 29.2. The molecule has 0 saturated carbocycles. The molecule has 0 bridgehead atoms. The summed E-state index contributed by atoms with van der Waals surface area (Å²) in [4.78, 5) is 30.0. The number of carbonyl (C=O) groups excluding carboxylic acids is 2. The minimum absolute atomic E-state index is 0.0225. The molecule has 0 saturated heterocycles. The first-order chi connectivity index (χ1) is 18.3. The molecule has 0 spiro atoms. The number of nitrogens with two attached hydrogens (primary N) is 1. The van der Waals surface area contributed by atoms with Crippen molar-refractivity contribution in [1.29, 1.82) is 0 Å². The van der Waals surface area contributed by atoms with E-state index in [1.807, 2.05) is 30.3 Å². The predicted molar refractivity (Wildman–Crippen MR) is 142 cm³/mol. The number of amides is 2. The van der Waals surface area contributed by atoms with Gasteiger partial charge in [0.25, 0.3) is 0 Å². The smallest absolute Gasteiger partial charge is 0.245 e. The van der Waals surface area contributed by atoms with Gasteiger partial charge in [0.2, 0.25) is 11.8 Å². The van der Waals surface area contributed by atoms with Crippen molar-refractivity contribution >= 4 is 17.8 Å². The third kappa shape index (κ3) is 7.95. The highest BCUT2D eigenvalue weighted by Crippen LogP contribution is 2.25. The number of hydrogen-bond acceptors (Lipinski definition) is 6. The fraction of sp³-hybridized carbons (Fsp3) is 0.250. The van der Waals surface area contributed by atoms with Crippen LogP contribution in [0.5, 0.6) is 17.2 Å². The van der Waals surface area contributed by atoms with Crippen molar-refractivity contribution in [2.24, 2.45) is 10.7 Å². The van der Waals surface area contributed by atoms with Crippen LogP contribution in [-0.2, 0) is 29.0 Å². The highest BCUT2D eigenvalue weighted by molar-refractivity contribution is 5.98. The molecule has 0 radical (unpaired) electrons. The Labute approximate surface area is 220 Å². The van der Waals surface area contributed by atoms with E-state index in [0.29, 0.717) is 22.6 Å². The minimum Gasteiger partial charge on any atom is -0.497 e. The summed E-state index contributed by atoms with van der Waals surface area (Å²) in [5, 5.41) is 5.33. The summed E-state index contributed by atoms with van der Waals surface area (Å²) in [6, 6.07) is 17.8. The van der Waals surface area contributed by atoms with Crippen molar-refractivity contribution in [3.8, 4) is 17.2 Å². The third-order valence-electron chi connectivity index (χ3n) is 5.66. The molecule has 2 amide bonds. The summed E-state index contributed by atoms with van der Waals surface area (Å²) in [6.07, 6.45) is 0.230. The van der Waals surface area contributed by atoms with Crippen LogP contribution in [0, 0.1) is 5.82 Å². The van der Waals surface area contributed by atoms with Crippen molar-refractivity contribution in [3.63, 3.8) is 0 Å². The number of benzene rings is 3. The van der Waals surface area contributed by atoms with Gasteiger partial charge >= 0.3 is 0 Å². The van der Waals surface area contributed by atoms with E-state index in [-0.39, 0.29) is 31.1 Å². The Morgan fingerprint density at radius 3 is 2.34 bits per heavy atom. The van der Waals surface area contributed by atoms with Gasteiger partial charge in [-0.25, -0.2) is 9.38 Å². The maximum atomic E-state index is 13.7. The van der Waals surface area contributed by atoms with Crippen LogP contribution in [-0.4, -0.2) is 45.1 Å². The van der Waals surface area contributed by atoms with Crippen LogP contribution >= 0.6 is 0 Å². The number of rotatable bonds is 11. The standard InChI is InChI=1S/C28H31FN4O5/c1-36-21-11-10-20(24(16-21)37-2)15-26(34)33-28(30)32-23(13-18-7-5-4-6-8-18)27(35)31-17-19-9-12-22(29)25(14-19)38-3/h4-12,14,16,23H,13,15,17H2,1-3H3,(H,31,35)(H3,30,32,33,34). The van der Waals surface area contributed by atoms with E-state index in [4.69, 9.17) is 19.9 Å². The second kappa shape index (κ2) is 13.6. The Balaban J connectivity index is 1.71. The van der Waals surface area contributed by atoms with Crippen molar-refractivity contribution in [2.45, 2.75) is 25.4 Å². The second-order valence-corrected chi connectivity index (χ2v) is 8.31. The van der Waals surface area contributed by atoms with Gasteiger partial charge < -0.3 is 25.3 Å². The monoisotopic (exact) mass is 522 g/mol. The maximum Gasteiger partial charge on any atom is 0.245 e. The molecule has 1 unspecified atom stereocenters. The zero-order valence-electron chi connectivity index (χ0n) is 21.5. The molecule has 0 aromatic heterocycles. The van der Waals surface area contributed by atoms with Crippen LogP contribution in [0.2, 0.25) is 0 Å². The molecule has 3 rings (SSSR count). The fourth-order valence-corrected chi connectivity index (χ4v) is 3.71. The van der Waals surface area contributed by atoms with Crippen LogP contribution in [0.4, 0.5) is 4.39 Å². The van der Waals surface area contributed by atoms with E-state index in [2.05, 4.69) is 15.6 Å². The number of nitrogens with one attached hydrogen (secondary N) is 2. The summed E-state index contributed by atoms with van der Waals surface area (Å²) in [5.74, 6) is -0.351. The molecule has 200 valence electrons. The highest BCUT2D eigenvalue weighted by atomic mass is 19.1. The van der Waals surface area contributed by atoms with Gasteiger partial charge in [-0.2, -0.15) is 0 Å². The highest BCUT2D eigenvalue weighted by Gasteiger charge is 2.20. The normalized spacial score (nSPS) is 11.8.